The average Bonchev–Trinajstić information content (AvgIpc) is 3.02. The molecular weight excluding hydrogens is 463 g/mol. The van der Waals surface area contributed by atoms with Crippen molar-refractivity contribution in [1.82, 2.24) is 14.9 Å². The van der Waals surface area contributed by atoms with Crippen LogP contribution in [0.2, 0.25) is 15.1 Å². The van der Waals surface area contributed by atoms with E-state index in [9.17, 15) is 14.9 Å². The number of hydrogen-bond acceptors (Lipinski definition) is 7. The molecule has 0 spiro atoms. The Morgan fingerprint density at radius 3 is 2.59 bits per heavy atom. The number of thioether (sulfide) groups is 1. The van der Waals surface area contributed by atoms with Crippen LogP contribution in [0.1, 0.15) is 0 Å². The number of nitrogen functional groups attached to an aromatic ring is 1. The molecule has 9 nitrogen and oxygen atoms in total. The molecule has 0 unspecified atom stereocenters. The zero-order chi connectivity index (χ0) is 21.1. The lowest BCUT2D eigenvalue weighted by molar-refractivity contribution is -0.384. The molecule has 0 aliphatic carbocycles. The molecule has 0 aliphatic rings. The second-order valence-electron chi connectivity index (χ2n) is 5.56. The third-order valence-electron chi connectivity index (χ3n) is 3.61. The van der Waals surface area contributed by atoms with Gasteiger partial charge in [-0.15, -0.1) is 10.2 Å². The van der Waals surface area contributed by atoms with Crippen LogP contribution >= 0.6 is 46.6 Å². The molecule has 2 aromatic carbocycles. The minimum Gasteiger partial charge on any atom is -0.335 e. The van der Waals surface area contributed by atoms with Crippen LogP contribution in [-0.4, -0.2) is 31.5 Å². The normalized spacial score (nSPS) is 10.7. The van der Waals surface area contributed by atoms with E-state index in [2.05, 4.69) is 15.5 Å². The molecule has 0 atom stereocenters. The summed E-state index contributed by atoms with van der Waals surface area (Å²) in [6.45, 7) is 0. The SMILES string of the molecule is Nn1c(SCC(=O)Nc2ccc([N+](=O)[O-])cc2Cl)nnc1-c1ccc(Cl)cc1Cl. The fourth-order valence-electron chi connectivity index (χ4n) is 2.27. The first-order valence-electron chi connectivity index (χ1n) is 7.78. The summed E-state index contributed by atoms with van der Waals surface area (Å²) in [5.74, 6) is 5.88. The number of hydrogen-bond donors (Lipinski definition) is 2. The second kappa shape index (κ2) is 8.87. The molecule has 1 heterocycles. The Morgan fingerprint density at radius 1 is 1.17 bits per heavy atom. The molecule has 3 N–H and O–H groups in total. The fraction of sp³-hybridized carbons (Fsp3) is 0.0625. The number of anilines is 1. The van der Waals surface area contributed by atoms with Crippen molar-refractivity contribution in [2.75, 3.05) is 16.9 Å². The highest BCUT2D eigenvalue weighted by molar-refractivity contribution is 7.99. The van der Waals surface area contributed by atoms with E-state index >= 15 is 0 Å². The summed E-state index contributed by atoms with van der Waals surface area (Å²) in [4.78, 5) is 22.3. The highest BCUT2D eigenvalue weighted by atomic mass is 35.5. The summed E-state index contributed by atoms with van der Waals surface area (Å²) in [6, 6.07) is 8.62. The van der Waals surface area contributed by atoms with Crippen LogP contribution < -0.4 is 11.2 Å². The van der Waals surface area contributed by atoms with Gasteiger partial charge in [0, 0.05) is 22.7 Å². The summed E-state index contributed by atoms with van der Waals surface area (Å²) in [6.07, 6.45) is 0. The fourth-order valence-corrected chi connectivity index (χ4v) is 3.64. The monoisotopic (exact) mass is 472 g/mol. The first kappa shape index (κ1) is 21.2. The topological polar surface area (TPSA) is 129 Å². The van der Waals surface area contributed by atoms with Crippen molar-refractivity contribution >= 4 is 63.8 Å². The van der Waals surface area contributed by atoms with Gasteiger partial charge in [-0.1, -0.05) is 46.6 Å². The van der Waals surface area contributed by atoms with Crippen LogP contribution in [0.3, 0.4) is 0 Å². The maximum absolute atomic E-state index is 12.2. The molecule has 150 valence electrons. The molecule has 0 fully saturated rings. The Hall–Kier alpha value is -2.53. The minimum absolute atomic E-state index is 0.0446. The number of benzene rings is 2. The van der Waals surface area contributed by atoms with Gasteiger partial charge in [0.15, 0.2) is 5.82 Å². The smallest absolute Gasteiger partial charge is 0.271 e. The third-order valence-corrected chi connectivity index (χ3v) is 5.41. The molecule has 0 aliphatic heterocycles. The van der Waals surface area contributed by atoms with E-state index in [4.69, 9.17) is 40.6 Å². The number of aromatic nitrogens is 3. The molecule has 0 saturated carbocycles. The molecule has 13 heteroatoms. The van der Waals surface area contributed by atoms with Crippen LogP contribution in [0.15, 0.2) is 41.6 Å². The summed E-state index contributed by atoms with van der Waals surface area (Å²) < 4.78 is 1.21. The first-order chi connectivity index (χ1) is 13.8. The van der Waals surface area contributed by atoms with Gasteiger partial charge in [-0.3, -0.25) is 14.9 Å². The zero-order valence-electron chi connectivity index (χ0n) is 14.3. The number of carbonyl (C=O) groups excluding carboxylic acids is 1. The van der Waals surface area contributed by atoms with Gasteiger partial charge in [-0.25, -0.2) is 4.68 Å². The maximum Gasteiger partial charge on any atom is 0.271 e. The molecule has 0 saturated heterocycles. The van der Waals surface area contributed by atoms with Crippen molar-refractivity contribution in [3.8, 4) is 11.4 Å². The first-order valence-corrected chi connectivity index (χ1v) is 9.90. The predicted octanol–water partition coefficient (Wildman–Crippen LogP) is 4.26. The lowest BCUT2D eigenvalue weighted by atomic mass is 10.2. The molecule has 29 heavy (non-hydrogen) atoms. The van der Waals surface area contributed by atoms with Crippen molar-refractivity contribution in [3.05, 3.63) is 61.6 Å². The quantitative estimate of drug-likeness (QED) is 0.237. The van der Waals surface area contributed by atoms with Crippen LogP contribution in [0.4, 0.5) is 11.4 Å². The highest BCUT2D eigenvalue weighted by Crippen LogP contribution is 2.30. The zero-order valence-corrected chi connectivity index (χ0v) is 17.4. The lowest BCUT2D eigenvalue weighted by Crippen LogP contribution is -2.16. The van der Waals surface area contributed by atoms with Crippen molar-refractivity contribution in [2.45, 2.75) is 5.16 Å². The van der Waals surface area contributed by atoms with Crippen molar-refractivity contribution in [2.24, 2.45) is 0 Å². The van der Waals surface area contributed by atoms with E-state index in [1.54, 1.807) is 18.2 Å². The Labute approximate surface area is 183 Å². The molecule has 3 aromatic rings. The van der Waals surface area contributed by atoms with Crippen LogP contribution in [0.5, 0.6) is 0 Å². The standard InChI is InChI=1S/C16H11Cl3N6O3S/c17-8-1-3-10(11(18)5-8)15-22-23-16(24(15)20)29-7-14(26)21-13-4-2-9(25(27)28)6-12(13)19/h1-6H,7,20H2,(H,21,26). The number of carbonyl (C=O) groups is 1. The van der Waals surface area contributed by atoms with Crippen molar-refractivity contribution < 1.29 is 9.72 Å². The third kappa shape index (κ3) is 4.91. The lowest BCUT2D eigenvalue weighted by Gasteiger charge is -2.07. The number of amides is 1. The number of nitrogens with zero attached hydrogens (tertiary/aromatic N) is 4. The molecule has 1 aromatic heterocycles. The summed E-state index contributed by atoms with van der Waals surface area (Å²) in [7, 11) is 0. The van der Waals surface area contributed by atoms with Gasteiger partial charge in [-0.05, 0) is 24.3 Å². The Balaban J connectivity index is 1.67. The van der Waals surface area contributed by atoms with Crippen molar-refractivity contribution in [3.63, 3.8) is 0 Å². The summed E-state index contributed by atoms with van der Waals surface area (Å²) >= 11 is 19.1. The summed E-state index contributed by atoms with van der Waals surface area (Å²) in [5.41, 5.74) is 0.623. The molecule has 0 bridgehead atoms. The van der Waals surface area contributed by atoms with Crippen LogP contribution in [-0.2, 0) is 4.79 Å². The average molecular weight is 474 g/mol. The number of nitrogens with two attached hydrogens (primary N) is 1. The highest BCUT2D eigenvalue weighted by Gasteiger charge is 2.17. The van der Waals surface area contributed by atoms with Crippen LogP contribution in [0, 0.1) is 10.1 Å². The van der Waals surface area contributed by atoms with Gasteiger partial charge in [-0.2, -0.15) is 0 Å². The van der Waals surface area contributed by atoms with Crippen molar-refractivity contribution in [1.29, 1.82) is 0 Å². The van der Waals surface area contributed by atoms with E-state index in [1.165, 1.54) is 16.8 Å². The largest absolute Gasteiger partial charge is 0.335 e. The van der Waals surface area contributed by atoms with E-state index in [-0.39, 0.29) is 27.3 Å². The van der Waals surface area contributed by atoms with Gasteiger partial charge in [0.2, 0.25) is 11.1 Å². The number of nitro groups is 1. The summed E-state index contributed by atoms with van der Waals surface area (Å²) in [5, 5.41) is 22.4. The van der Waals surface area contributed by atoms with Gasteiger partial charge >= 0.3 is 0 Å². The van der Waals surface area contributed by atoms with E-state index < -0.39 is 10.8 Å². The van der Waals surface area contributed by atoms with Gasteiger partial charge in [0.05, 0.1) is 26.4 Å². The number of nitrogens with one attached hydrogen (secondary N) is 1. The van der Waals surface area contributed by atoms with Gasteiger partial charge in [0.25, 0.3) is 5.69 Å². The number of non-ortho nitro benzene ring substituents is 1. The van der Waals surface area contributed by atoms with E-state index in [1.807, 2.05) is 0 Å². The molecule has 3 rings (SSSR count). The number of nitro benzene ring substituents is 1. The second-order valence-corrected chi connectivity index (χ2v) is 7.75. The van der Waals surface area contributed by atoms with Gasteiger partial charge < -0.3 is 11.2 Å². The Kier molecular flexibility index (Phi) is 6.48. The van der Waals surface area contributed by atoms with Crippen LogP contribution in [0.25, 0.3) is 11.4 Å². The minimum atomic E-state index is -0.577. The molecular formula is C16H11Cl3N6O3S. The Morgan fingerprint density at radius 2 is 1.93 bits per heavy atom. The predicted molar refractivity (Wildman–Crippen MR) is 113 cm³/mol. The van der Waals surface area contributed by atoms with E-state index in [0.717, 1.165) is 17.8 Å². The van der Waals surface area contributed by atoms with Gasteiger partial charge in [0.1, 0.15) is 0 Å². The number of halogens is 3. The maximum atomic E-state index is 12.2. The molecule has 1 amide bonds. The Bertz CT molecular complexity index is 1110. The van der Waals surface area contributed by atoms with E-state index in [0.29, 0.717) is 21.4 Å². The molecule has 0 radical (unpaired) electrons. The number of rotatable bonds is 6.